The zero-order chi connectivity index (χ0) is 17.1. The van der Waals surface area contributed by atoms with Crippen molar-refractivity contribution < 1.29 is 0 Å². The Morgan fingerprint density at radius 1 is 0.545 bits per heavy atom. The second kappa shape index (κ2) is 22.0. The van der Waals surface area contributed by atoms with Crippen molar-refractivity contribution in [2.45, 2.75) is 127 Å². The Labute approximate surface area is 158 Å². The Morgan fingerprint density at radius 2 is 1.00 bits per heavy atom. The van der Waals surface area contributed by atoms with Gasteiger partial charge in [-0.25, -0.2) is 0 Å². The molecular formula is C20H42Br2. The molecule has 0 saturated carbocycles. The van der Waals surface area contributed by atoms with Gasteiger partial charge in [-0.1, -0.05) is 130 Å². The molecule has 0 saturated heterocycles. The summed E-state index contributed by atoms with van der Waals surface area (Å²) in [6.07, 6.45) is 19.5. The molecule has 2 atom stereocenters. The minimum atomic E-state index is 0.692. The SMILES string of the molecule is CCCC(Br)CCCCC(C)Br.CCCCCCCCCC. The van der Waals surface area contributed by atoms with Crippen molar-refractivity contribution >= 4 is 31.9 Å². The van der Waals surface area contributed by atoms with E-state index >= 15 is 0 Å². The van der Waals surface area contributed by atoms with Crippen molar-refractivity contribution in [1.82, 2.24) is 0 Å². The maximum absolute atomic E-state index is 3.69. The summed E-state index contributed by atoms with van der Waals surface area (Å²) < 4.78 is 0. The van der Waals surface area contributed by atoms with Crippen molar-refractivity contribution in [3.63, 3.8) is 0 Å². The largest absolute Gasteiger partial charge is 0.0894 e. The van der Waals surface area contributed by atoms with Crippen molar-refractivity contribution in [3.8, 4) is 0 Å². The fourth-order valence-corrected chi connectivity index (χ4v) is 3.56. The van der Waals surface area contributed by atoms with Gasteiger partial charge in [0.05, 0.1) is 0 Å². The third-order valence-electron chi connectivity index (χ3n) is 3.93. The number of hydrogen-bond donors (Lipinski definition) is 0. The highest BCUT2D eigenvalue weighted by Crippen LogP contribution is 2.17. The first-order valence-electron chi connectivity index (χ1n) is 9.86. The summed E-state index contributed by atoms with van der Waals surface area (Å²) in [6.45, 7) is 9.00. The van der Waals surface area contributed by atoms with Crippen molar-refractivity contribution in [2.75, 3.05) is 0 Å². The summed E-state index contributed by atoms with van der Waals surface area (Å²) in [5, 5.41) is 0. The smallest absolute Gasteiger partial charge is 0.0145 e. The fraction of sp³-hybridized carbons (Fsp3) is 1.00. The van der Waals surface area contributed by atoms with Crippen LogP contribution in [-0.2, 0) is 0 Å². The third kappa shape index (κ3) is 25.9. The van der Waals surface area contributed by atoms with Gasteiger partial charge in [0.15, 0.2) is 0 Å². The van der Waals surface area contributed by atoms with Gasteiger partial charge in [-0.3, -0.25) is 0 Å². The fourth-order valence-electron chi connectivity index (χ4n) is 2.46. The van der Waals surface area contributed by atoms with E-state index in [1.807, 2.05) is 0 Å². The van der Waals surface area contributed by atoms with Crippen LogP contribution in [0.5, 0.6) is 0 Å². The van der Waals surface area contributed by atoms with Crippen LogP contribution in [0.4, 0.5) is 0 Å². The van der Waals surface area contributed by atoms with Crippen LogP contribution in [0.1, 0.15) is 118 Å². The third-order valence-corrected chi connectivity index (χ3v) is 5.30. The molecule has 136 valence electrons. The Balaban J connectivity index is 0. The molecular weight excluding hydrogens is 400 g/mol. The molecule has 2 unspecified atom stereocenters. The van der Waals surface area contributed by atoms with Crippen molar-refractivity contribution in [2.24, 2.45) is 0 Å². The van der Waals surface area contributed by atoms with E-state index in [0.717, 1.165) is 4.83 Å². The molecule has 0 aliphatic carbocycles. The second-order valence-corrected chi connectivity index (χ2v) is 9.43. The average molecular weight is 442 g/mol. The lowest BCUT2D eigenvalue weighted by Gasteiger charge is -2.08. The molecule has 0 amide bonds. The summed E-state index contributed by atoms with van der Waals surface area (Å²) in [6, 6.07) is 0. The number of halogens is 2. The summed E-state index contributed by atoms with van der Waals surface area (Å²) in [4.78, 5) is 1.45. The van der Waals surface area contributed by atoms with E-state index in [0.29, 0.717) is 4.83 Å². The molecule has 0 bridgehead atoms. The summed E-state index contributed by atoms with van der Waals surface area (Å²) in [5.41, 5.74) is 0. The van der Waals surface area contributed by atoms with Gasteiger partial charge >= 0.3 is 0 Å². The van der Waals surface area contributed by atoms with Gasteiger partial charge in [0.2, 0.25) is 0 Å². The van der Waals surface area contributed by atoms with Crippen LogP contribution in [0.25, 0.3) is 0 Å². The van der Waals surface area contributed by atoms with Crippen LogP contribution in [-0.4, -0.2) is 9.65 Å². The minimum absolute atomic E-state index is 0.692. The monoisotopic (exact) mass is 440 g/mol. The predicted molar refractivity (Wildman–Crippen MR) is 113 cm³/mol. The molecule has 0 rings (SSSR count). The van der Waals surface area contributed by atoms with Gasteiger partial charge < -0.3 is 0 Å². The molecule has 2 heteroatoms. The molecule has 0 heterocycles. The number of hydrogen-bond acceptors (Lipinski definition) is 0. The predicted octanol–water partition coefficient (Wildman–Crippen LogP) is 9.04. The minimum Gasteiger partial charge on any atom is -0.0894 e. The number of alkyl halides is 2. The highest BCUT2D eigenvalue weighted by Gasteiger charge is 2.02. The molecule has 0 radical (unpaired) electrons. The van der Waals surface area contributed by atoms with E-state index in [1.165, 1.54) is 89.9 Å². The van der Waals surface area contributed by atoms with E-state index in [9.17, 15) is 0 Å². The molecule has 0 N–H and O–H groups in total. The van der Waals surface area contributed by atoms with Crippen LogP contribution >= 0.6 is 31.9 Å². The van der Waals surface area contributed by atoms with Crippen LogP contribution < -0.4 is 0 Å². The molecule has 0 aromatic heterocycles. The maximum atomic E-state index is 3.69. The van der Waals surface area contributed by atoms with Crippen LogP contribution in [0.15, 0.2) is 0 Å². The van der Waals surface area contributed by atoms with E-state index in [4.69, 9.17) is 0 Å². The Morgan fingerprint density at radius 3 is 1.41 bits per heavy atom. The topological polar surface area (TPSA) is 0 Å². The summed E-state index contributed by atoms with van der Waals surface area (Å²) in [5.74, 6) is 0. The molecule has 0 fully saturated rings. The molecule has 22 heavy (non-hydrogen) atoms. The lowest BCUT2D eigenvalue weighted by molar-refractivity contribution is 0.585. The van der Waals surface area contributed by atoms with Crippen molar-refractivity contribution in [3.05, 3.63) is 0 Å². The lowest BCUT2D eigenvalue weighted by Crippen LogP contribution is -1.97. The van der Waals surface area contributed by atoms with Gasteiger partial charge in [0.1, 0.15) is 0 Å². The van der Waals surface area contributed by atoms with Crippen molar-refractivity contribution in [1.29, 1.82) is 0 Å². The Bertz CT molecular complexity index is 173. The molecule has 0 nitrogen and oxygen atoms in total. The van der Waals surface area contributed by atoms with Crippen LogP contribution in [0, 0.1) is 0 Å². The van der Waals surface area contributed by atoms with Crippen LogP contribution in [0.3, 0.4) is 0 Å². The Hall–Kier alpha value is 0.960. The lowest BCUT2D eigenvalue weighted by atomic mass is 10.1. The van der Waals surface area contributed by atoms with E-state index in [1.54, 1.807) is 0 Å². The normalized spacial score (nSPS) is 13.4. The van der Waals surface area contributed by atoms with Crippen LogP contribution in [0.2, 0.25) is 0 Å². The van der Waals surface area contributed by atoms with Gasteiger partial charge in [-0.2, -0.15) is 0 Å². The second-order valence-electron chi connectivity index (χ2n) is 6.57. The zero-order valence-corrected chi connectivity index (χ0v) is 19.0. The quantitative estimate of drug-likeness (QED) is 0.186. The molecule has 0 aromatic carbocycles. The number of rotatable bonds is 14. The van der Waals surface area contributed by atoms with Gasteiger partial charge in [0, 0.05) is 9.65 Å². The first-order chi connectivity index (χ1) is 10.6. The first-order valence-corrected chi connectivity index (χ1v) is 11.7. The standard InChI is InChI=1S/C10H20Br2.C10H22/c1-3-6-10(12)8-5-4-7-9(2)11;1-3-5-7-9-10-8-6-4-2/h9-10H,3-8H2,1-2H3;3-10H2,1-2H3. The molecule has 0 aliphatic rings. The van der Waals surface area contributed by atoms with Gasteiger partial charge in [-0.05, 0) is 19.3 Å². The summed E-state index contributed by atoms with van der Waals surface area (Å²) in [7, 11) is 0. The number of unbranched alkanes of at least 4 members (excludes halogenated alkanes) is 8. The average Bonchev–Trinajstić information content (AvgIpc) is 2.48. The molecule has 0 spiro atoms. The van der Waals surface area contributed by atoms with E-state index < -0.39 is 0 Å². The zero-order valence-electron chi connectivity index (χ0n) is 15.8. The highest BCUT2D eigenvalue weighted by atomic mass is 79.9. The molecule has 0 aromatic rings. The highest BCUT2D eigenvalue weighted by molar-refractivity contribution is 9.09. The maximum Gasteiger partial charge on any atom is 0.0145 e. The van der Waals surface area contributed by atoms with Gasteiger partial charge in [-0.15, -0.1) is 0 Å². The summed E-state index contributed by atoms with van der Waals surface area (Å²) >= 11 is 7.25. The van der Waals surface area contributed by atoms with E-state index in [-0.39, 0.29) is 0 Å². The Kier molecular flexibility index (Phi) is 25.2. The molecule has 0 aliphatic heterocycles. The first kappa shape index (κ1) is 25.2. The van der Waals surface area contributed by atoms with Gasteiger partial charge in [0.25, 0.3) is 0 Å². The van der Waals surface area contributed by atoms with E-state index in [2.05, 4.69) is 59.6 Å².